The molecule has 33 heavy (non-hydrogen) atoms. The topological polar surface area (TPSA) is 0 Å². The van der Waals surface area contributed by atoms with Gasteiger partial charge in [-0.3, -0.25) is 0 Å². The molecule has 0 heterocycles. The lowest BCUT2D eigenvalue weighted by atomic mass is 9.94. The van der Waals surface area contributed by atoms with E-state index in [4.69, 9.17) is 0 Å². The maximum Gasteiger partial charge on any atom is 0.0175 e. The first-order chi connectivity index (χ1) is 16.2. The van der Waals surface area contributed by atoms with Crippen LogP contribution in [0.25, 0.3) is 44.5 Å². The van der Waals surface area contributed by atoms with Crippen molar-refractivity contribution < 1.29 is 0 Å². The Morgan fingerprint density at radius 2 is 1.03 bits per heavy atom. The minimum absolute atomic E-state index is 0.404. The van der Waals surface area contributed by atoms with Crippen LogP contribution in [0.15, 0.2) is 120 Å². The monoisotopic (exact) mass is 486 g/mol. The van der Waals surface area contributed by atoms with Gasteiger partial charge in [0, 0.05) is 10.4 Å². The molecule has 6 rings (SSSR count). The Kier molecular flexibility index (Phi) is 5.00. The SMILES string of the molecule is CC1c2ccc(-c3cccc(-c4ccc(Br)cc4)c3)cc2-c2ccc(-c3ccccc3)cc21. The van der Waals surface area contributed by atoms with Crippen LogP contribution in [-0.2, 0) is 0 Å². The van der Waals surface area contributed by atoms with Crippen LogP contribution in [-0.4, -0.2) is 0 Å². The van der Waals surface area contributed by atoms with Crippen molar-refractivity contribution in [3.8, 4) is 44.5 Å². The van der Waals surface area contributed by atoms with Crippen LogP contribution in [0.3, 0.4) is 0 Å². The van der Waals surface area contributed by atoms with Gasteiger partial charge in [-0.25, -0.2) is 0 Å². The van der Waals surface area contributed by atoms with Gasteiger partial charge in [0.25, 0.3) is 0 Å². The first-order valence-electron chi connectivity index (χ1n) is 11.4. The standard InChI is InChI=1S/C32H23Br/c1-21-29-16-12-27(25-9-5-8-24(18-25)23-10-14-28(33)15-11-23)20-32(29)30-17-13-26(19-31(21)30)22-6-3-2-4-7-22/h2-21H,1H3. The fourth-order valence-electron chi connectivity index (χ4n) is 5.01. The molecule has 1 aliphatic rings. The van der Waals surface area contributed by atoms with Gasteiger partial charge in [-0.15, -0.1) is 0 Å². The van der Waals surface area contributed by atoms with E-state index in [9.17, 15) is 0 Å². The van der Waals surface area contributed by atoms with Crippen molar-refractivity contribution in [3.05, 3.63) is 131 Å². The zero-order valence-electron chi connectivity index (χ0n) is 18.4. The van der Waals surface area contributed by atoms with Gasteiger partial charge in [0.05, 0.1) is 0 Å². The molecule has 1 aliphatic carbocycles. The van der Waals surface area contributed by atoms with Crippen molar-refractivity contribution >= 4 is 15.9 Å². The second-order valence-electron chi connectivity index (χ2n) is 8.78. The summed E-state index contributed by atoms with van der Waals surface area (Å²) >= 11 is 3.53. The maximum atomic E-state index is 3.53. The maximum absolute atomic E-state index is 3.53. The van der Waals surface area contributed by atoms with Gasteiger partial charge in [0.15, 0.2) is 0 Å². The van der Waals surface area contributed by atoms with E-state index in [1.807, 2.05) is 0 Å². The van der Waals surface area contributed by atoms with Gasteiger partial charge in [0.1, 0.15) is 0 Å². The number of halogens is 1. The van der Waals surface area contributed by atoms with Crippen LogP contribution in [0.1, 0.15) is 24.0 Å². The minimum atomic E-state index is 0.404. The molecule has 5 aromatic carbocycles. The van der Waals surface area contributed by atoms with Crippen LogP contribution in [0.5, 0.6) is 0 Å². The van der Waals surface area contributed by atoms with Crippen LogP contribution < -0.4 is 0 Å². The normalized spacial score (nSPS) is 14.1. The molecule has 0 radical (unpaired) electrons. The molecule has 0 saturated heterocycles. The Morgan fingerprint density at radius 3 is 1.82 bits per heavy atom. The Balaban J connectivity index is 1.40. The van der Waals surface area contributed by atoms with Gasteiger partial charge in [-0.2, -0.15) is 0 Å². The van der Waals surface area contributed by atoms with E-state index in [1.54, 1.807) is 0 Å². The summed E-state index contributed by atoms with van der Waals surface area (Å²) in [5, 5.41) is 0. The summed E-state index contributed by atoms with van der Waals surface area (Å²) < 4.78 is 1.10. The summed E-state index contributed by atoms with van der Waals surface area (Å²) in [6, 6.07) is 41.9. The van der Waals surface area contributed by atoms with Crippen molar-refractivity contribution in [1.29, 1.82) is 0 Å². The molecular formula is C32H23Br. The number of hydrogen-bond donors (Lipinski definition) is 0. The van der Waals surface area contributed by atoms with E-state index in [1.165, 1.54) is 55.6 Å². The third-order valence-corrected chi connectivity index (χ3v) is 7.34. The molecule has 0 spiro atoms. The van der Waals surface area contributed by atoms with Gasteiger partial charge in [-0.05, 0) is 86.0 Å². The first-order valence-corrected chi connectivity index (χ1v) is 12.2. The number of rotatable bonds is 3. The van der Waals surface area contributed by atoms with Crippen LogP contribution in [0.4, 0.5) is 0 Å². The molecule has 0 saturated carbocycles. The Morgan fingerprint density at radius 1 is 0.455 bits per heavy atom. The predicted molar refractivity (Wildman–Crippen MR) is 143 cm³/mol. The average Bonchev–Trinajstić information content (AvgIpc) is 3.16. The fraction of sp³-hybridized carbons (Fsp3) is 0.0625. The van der Waals surface area contributed by atoms with E-state index < -0.39 is 0 Å². The van der Waals surface area contributed by atoms with Crippen LogP contribution >= 0.6 is 15.9 Å². The molecule has 1 atom stereocenters. The Bertz CT molecular complexity index is 1460. The summed E-state index contributed by atoms with van der Waals surface area (Å²) in [5.74, 6) is 0.404. The van der Waals surface area contributed by atoms with Crippen molar-refractivity contribution in [2.24, 2.45) is 0 Å². The second-order valence-corrected chi connectivity index (χ2v) is 9.70. The fourth-order valence-corrected chi connectivity index (χ4v) is 5.28. The molecule has 0 nitrogen and oxygen atoms in total. The highest BCUT2D eigenvalue weighted by molar-refractivity contribution is 9.10. The average molecular weight is 487 g/mol. The zero-order valence-corrected chi connectivity index (χ0v) is 20.0. The van der Waals surface area contributed by atoms with Crippen molar-refractivity contribution in [1.82, 2.24) is 0 Å². The molecule has 0 bridgehead atoms. The van der Waals surface area contributed by atoms with E-state index in [2.05, 4.69) is 138 Å². The lowest BCUT2D eigenvalue weighted by Gasteiger charge is -2.10. The van der Waals surface area contributed by atoms with Gasteiger partial charge in [-0.1, -0.05) is 108 Å². The smallest absolute Gasteiger partial charge is 0.0175 e. The zero-order chi connectivity index (χ0) is 22.4. The van der Waals surface area contributed by atoms with E-state index in [-0.39, 0.29) is 0 Å². The highest BCUT2D eigenvalue weighted by atomic mass is 79.9. The summed E-state index contributed by atoms with van der Waals surface area (Å²) in [6.07, 6.45) is 0. The number of hydrogen-bond acceptors (Lipinski definition) is 0. The highest BCUT2D eigenvalue weighted by Crippen LogP contribution is 2.47. The molecule has 0 amide bonds. The molecule has 5 aromatic rings. The molecule has 1 unspecified atom stereocenters. The summed E-state index contributed by atoms with van der Waals surface area (Å²) in [4.78, 5) is 0. The lowest BCUT2D eigenvalue weighted by Crippen LogP contribution is -1.90. The summed E-state index contributed by atoms with van der Waals surface area (Å²) in [5.41, 5.74) is 13.1. The van der Waals surface area contributed by atoms with Gasteiger partial charge in [0.2, 0.25) is 0 Å². The third kappa shape index (κ3) is 3.63. The third-order valence-electron chi connectivity index (χ3n) is 6.81. The molecule has 0 N–H and O–H groups in total. The first kappa shape index (κ1) is 20.2. The van der Waals surface area contributed by atoms with Gasteiger partial charge >= 0.3 is 0 Å². The van der Waals surface area contributed by atoms with E-state index >= 15 is 0 Å². The quantitative estimate of drug-likeness (QED) is 0.238. The minimum Gasteiger partial charge on any atom is -0.0622 e. The van der Waals surface area contributed by atoms with Crippen molar-refractivity contribution in [3.63, 3.8) is 0 Å². The summed E-state index contributed by atoms with van der Waals surface area (Å²) in [6.45, 7) is 2.33. The Hall–Kier alpha value is -3.42. The molecule has 0 fully saturated rings. The molecule has 1 heteroatoms. The predicted octanol–water partition coefficient (Wildman–Crippen LogP) is 9.58. The van der Waals surface area contributed by atoms with Crippen LogP contribution in [0, 0.1) is 0 Å². The van der Waals surface area contributed by atoms with E-state index in [0.717, 1.165) is 4.47 Å². The largest absolute Gasteiger partial charge is 0.0622 e. The molecule has 0 aromatic heterocycles. The van der Waals surface area contributed by atoms with E-state index in [0.29, 0.717) is 5.92 Å². The Labute approximate surface area is 203 Å². The van der Waals surface area contributed by atoms with Gasteiger partial charge < -0.3 is 0 Å². The van der Waals surface area contributed by atoms with Crippen molar-refractivity contribution in [2.75, 3.05) is 0 Å². The molecule has 0 aliphatic heterocycles. The molecular weight excluding hydrogens is 464 g/mol. The number of fused-ring (bicyclic) bond motifs is 3. The van der Waals surface area contributed by atoms with Crippen molar-refractivity contribution in [2.45, 2.75) is 12.8 Å². The highest BCUT2D eigenvalue weighted by Gasteiger charge is 2.26. The second kappa shape index (κ2) is 8.17. The number of benzene rings is 5. The lowest BCUT2D eigenvalue weighted by molar-refractivity contribution is 0.957. The van der Waals surface area contributed by atoms with Crippen LogP contribution in [0.2, 0.25) is 0 Å². The molecule has 158 valence electrons. The summed E-state index contributed by atoms with van der Waals surface area (Å²) in [7, 11) is 0.